The predicted octanol–water partition coefficient (Wildman–Crippen LogP) is 5.89. The van der Waals surface area contributed by atoms with Crippen molar-refractivity contribution in [3.8, 4) is 11.1 Å². The molecule has 186 valence electrons. The highest BCUT2D eigenvalue weighted by Gasteiger charge is 2.28. The summed E-state index contributed by atoms with van der Waals surface area (Å²) in [5, 5.41) is 6.11. The maximum Gasteiger partial charge on any atom is 0.256 e. The lowest BCUT2D eigenvalue weighted by atomic mass is 9.95. The van der Waals surface area contributed by atoms with Crippen molar-refractivity contribution in [2.75, 3.05) is 31.5 Å². The minimum absolute atomic E-state index is 0.0864. The molecule has 36 heavy (non-hydrogen) atoms. The van der Waals surface area contributed by atoms with Gasteiger partial charge in [0.25, 0.3) is 11.8 Å². The molecule has 0 bridgehead atoms. The Hall–Kier alpha value is -3.16. The zero-order valence-electron chi connectivity index (χ0n) is 20.7. The van der Waals surface area contributed by atoms with Gasteiger partial charge >= 0.3 is 0 Å². The van der Waals surface area contributed by atoms with Gasteiger partial charge < -0.3 is 20.5 Å². The number of hydrogen-bond acceptors (Lipinski definition) is 3. The van der Waals surface area contributed by atoms with Gasteiger partial charge in [-0.05, 0) is 61.7 Å². The van der Waals surface area contributed by atoms with E-state index in [0.717, 1.165) is 57.9 Å². The number of halogens is 1. The fourth-order valence-corrected chi connectivity index (χ4v) is 5.45. The Labute approximate surface area is 220 Å². The van der Waals surface area contributed by atoms with E-state index in [1.165, 1.54) is 12.8 Å². The van der Waals surface area contributed by atoms with Crippen LogP contribution in [0.25, 0.3) is 22.8 Å². The van der Waals surface area contributed by atoms with Crippen LogP contribution in [0.15, 0.2) is 53.0 Å². The number of likely N-dealkylation sites (tertiary alicyclic amines) is 1. The van der Waals surface area contributed by atoms with Crippen LogP contribution in [0.5, 0.6) is 0 Å². The maximum absolute atomic E-state index is 13.6. The van der Waals surface area contributed by atoms with Crippen LogP contribution in [-0.2, 0) is 4.79 Å². The number of nitrogens with one attached hydrogen (secondary N) is 3. The average molecular weight is 547 g/mol. The molecule has 0 spiro atoms. The Balaban J connectivity index is 1.58. The molecule has 3 aromatic rings. The molecule has 1 aromatic heterocycles. The van der Waals surface area contributed by atoms with Gasteiger partial charge in [-0.2, -0.15) is 0 Å². The second kappa shape index (κ2) is 10.4. The first-order valence-corrected chi connectivity index (χ1v) is 13.4. The number of carbonyl (C=O) groups is 2. The molecule has 0 saturated carbocycles. The van der Waals surface area contributed by atoms with Crippen molar-refractivity contribution in [3.05, 3.63) is 75.5 Å². The SMILES string of the molecule is CC(C)c1[nH]c(/C=C2\C(=O)Nc3ccc(Br)cc32)c(-c2ccccc2)c1C(=O)NCCN1CCCC1. The molecule has 2 aromatic carbocycles. The van der Waals surface area contributed by atoms with Gasteiger partial charge in [-0.1, -0.05) is 60.1 Å². The number of aromatic amines is 1. The zero-order valence-corrected chi connectivity index (χ0v) is 22.2. The minimum Gasteiger partial charge on any atom is -0.357 e. The lowest BCUT2D eigenvalue weighted by Crippen LogP contribution is -2.34. The van der Waals surface area contributed by atoms with Crippen molar-refractivity contribution in [2.24, 2.45) is 0 Å². The molecule has 0 aliphatic carbocycles. The summed E-state index contributed by atoms with van der Waals surface area (Å²) >= 11 is 3.52. The number of H-pyrrole nitrogens is 1. The third-order valence-corrected chi connectivity index (χ3v) is 7.38. The van der Waals surface area contributed by atoms with Gasteiger partial charge in [-0.3, -0.25) is 9.59 Å². The van der Waals surface area contributed by atoms with Gasteiger partial charge in [0.1, 0.15) is 0 Å². The second-order valence-electron chi connectivity index (χ2n) is 9.73. The van der Waals surface area contributed by atoms with Crippen LogP contribution >= 0.6 is 15.9 Å². The maximum atomic E-state index is 13.6. The lowest BCUT2D eigenvalue weighted by Gasteiger charge is -2.16. The molecule has 0 radical (unpaired) electrons. The van der Waals surface area contributed by atoms with E-state index in [9.17, 15) is 9.59 Å². The Morgan fingerprint density at radius 3 is 2.61 bits per heavy atom. The summed E-state index contributed by atoms with van der Waals surface area (Å²) in [6.07, 6.45) is 4.34. The third kappa shape index (κ3) is 4.90. The zero-order chi connectivity index (χ0) is 25.2. The number of fused-ring (bicyclic) bond motifs is 1. The summed E-state index contributed by atoms with van der Waals surface area (Å²) in [5.74, 6) is -0.145. The van der Waals surface area contributed by atoms with Crippen molar-refractivity contribution in [3.63, 3.8) is 0 Å². The molecule has 1 fully saturated rings. The molecule has 2 aliphatic heterocycles. The van der Waals surface area contributed by atoms with Crippen molar-refractivity contribution in [1.82, 2.24) is 15.2 Å². The molecular formula is C29H31BrN4O2. The summed E-state index contributed by atoms with van der Waals surface area (Å²) in [5.41, 5.74) is 6.22. The molecular weight excluding hydrogens is 516 g/mol. The molecule has 2 amide bonds. The van der Waals surface area contributed by atoms with E-state index >= 15 is 0 Å². The Morgan fingerprint density at radius 1 is 1.14 bits per heavy atom. The van der Waals surface area contributed by atoms with E-state index in [1.54, 1.807) is 0 Å². The van der Waals surface area contributed by atoms with Crippen LogP contribution in [0.2, 0.25) is 0 Å². The Morgan fingerprint density at radius 2 is 1.89 bits per heavy atom. The average Bonchev–Trinajstić information content (AvgIpc) is 3.58. The van der Waals surface area contributed by atoms with Crippen LogP contribution in [0, 0.1) is 0 Å². The van der Waals surface area contributed by atoms with Gasteiger partial charge in [-0.25, -0.2) is 0 Å². The molecule has 7 heteroatoms. The number of rotatable bonds is 7. The van der Waals surface area contributed by atoms with Crippen LogP contribution in [0.1, 0.15) is 59.9 Å². The van der Waals surface area contributed by atoms with Gasteiger partial charge in [0.2, 0.25) is 0 Å². The summed E-state index contributed by atoms with van der Waals surface area (Å²) < 4.78 is 0.902. The van der Waals surface area contributed by atoms with Gasteiger partial charge in [0.05, 0.1) is 11.1 Å². The topological polar surface area (TPSA) is 77.2 Å². The highest BCUT2D eigenvalue weighted by molar-refractivity contribution is 9.10. The predicted molar refractivity (Wildman–Crippen MR) is 149 cm³/mol. The lowest BCUT2D eigenvalue weighted by molar-refractivity contribution is -0.110. The van der Waals surface area contributed by atoms with Gasteiger partial charge in [0, 0.05) is 45.8 Å². The Bertz CT molecular complexity index is 1320. The fraction of sp³-hybridized carbons (Fsp3) is 0.310. The molecule has 1 saturated heterocycles. The van der Waals surface area contributed by atoms with Crippen molar-refractivity contribution < 1.29 is 9.59 Å². The molecule has 0 unspecified atom stereocenters. The van der Waals surface area contributed by atoms with Crippen LogP contribution in [0.3, 0.4) is 0 Å². The highest BCUT2D eigenvalue weighted by atomic mass is 79.9. The first-order valence-electron chi connectivity index (χ1n) is 12.6. The van der Waals surface area contributed by atoms with E-state index in [0.29, 0.717) is 17.7 Å². The smallest absolute Gasteiger partial charge is 0.256 e. The van der Waals surface area contributed by atoms with E-state index in [1.807, 2.05) is 54.6 Å². The van der Waals surface area contributed by atoms with Crippen LogP contribution in [0.4, 0.5) is 5.69 Å². The van der Waals surface area contributed by atoms with Crippen LogP contribution < -0.4 is 10.6 Å². The molecule has 3 N–H and O–H groups in total. The Kier molecular flexibility index (Phi) is 7.12. The van der Waals surface area contributed by atoms with E-state index in [-0.39, 0.29) is 17.7 Å². The van der Waals surface area contributed by atoms with Crippen LogP contribution in [-0.4, -0.2) is 47.9 Å². The quantitative estimate of drug-likeness (QED) is 0.323. The fourth-order valence-electron chi connectivity index (χ4n) is 5.09. The van der Waals surface area contributed by atoms with Gasteiger partial charge in [0.15, 0.2) is 0 Å². The normalized spacial score (nSPS) is 16.6. The highest BCUT2D eigenvalue weighted by Crippen LogP contribution is 2.39. The number of nitrogens with zero attached hydrogens (tertiary/aromatic N) is 1. The number of amides is 2. The number of benzene rings is 2. The van der Waals surface area contributed by atoms with Crippen molar-refractivity contribution >= 4 is 45.1 Å². The summed E-state index contributed by atoms with van der Waals surface area (Å²) in [6, 6.07) is 15.7. The first-order chi connectivity index (χ1) is 17.4. The van der Waals surface area contributed by atoms with E-state index in [2.05, 4.69) is 50.3 Å². The second-order valence-corrected chi connectivity index (χ2v) is 10.6. The minimum atomic E-state index is -0.153. The number of hydrogen-bond donors (Lipinski definition) is 3. The van der Waals surface area contributed by atoms with E-state index in [4.69, 9.17) is 0 Å². The molecule has 5 rings (SSSR count). The number of carbonyl (C=O) groups excluding carboxylic acids is 2. The summed E-state index contributed by atoms with van der Waals surface area (Å²) in [4.78, 5) is 32.5. The standard InChI is InChI=1S/C29H31BrN4O2/c1-18(2)27-26(29(36)31-12-15-34-13-6-7-14-34)25(19-8-4-3-5-9-19)24(32-27)17-22-21-16-20(30)10-11-23(21)33-28(22)35/h3-5,8-11,16-18,32H,6-7,12-15H2,1-2H3,(H,31,36)(H,33,35)/b22-17-. The van der Waals surface area contributed by atoms with Gasteiger partial charge in [-0.15, -0.1) is 0 Å². The van der Waals surface area contributed by atoms with Crippen molar-refractivity contribution in [1.29, 1.82) is 0 Å². The van der Waals surface area contributed by atoms with E-state index < -0.39 is 0 Å². The summed E-state index contributed by atoms with van der Waals surface area (Å²) in [7, 11) is 0. The molecule has 6 nitrogen and oxygen atoms in total. The monoisotopic (exact) mass is 546 g/mol. The molecule has 0 atom stereocenters. The number of anilines is 1. The third-order valence-electron chi connectivity index (χ3n) is 6.89. The molecule has 3 heterocycles. The largest absolute Gasteiger partial charge is 0.357 e. The van der Waals surface area contributed by atoms with Crippen molar-refractivity contribution in [2.45, 2.75) is 32.6 Å². The summed E-state index contributed by atoms with van der Waals surface area (Å²) in [6.45, 7) is 7.82. The number of aromatic nitrogens is 1. The first kappa shape index (κ1) is 24.5. The molecule has 2 aliphatic rings.